The number of hydrogen-bond donors (Lipinski definition) is 0. The quantitative estimate of drug-likeness (QED) is 0.0261. The Labute approximate surface area is 506 Å². The highest BCUT2D eigenvalue weighted by Gasteiger charge is 2.19. The maximum atomic E-state index is 13.0. The van der Waals surface area contributed by atoms with E-state index in [1.807, 2.05) is 0 Å². The lowest BCUT2D eigenvalue weighted by molar-refractivity contribution is -0.167. The third kappa shape index (κ3) is 68.3. The van der Waals surface area contributed by atoms with Crippen LogP contribution in [0.25, 0.3) is 0 Å². The van der Waals surface area contributed by atoms with E-state index in [-0.39, 0.29) is 31.1 Å². The Morgan fingerprint density at radius 3 is 0.716 bits per heavy atom. The minimum absolute atomic E-state index is 0.0706. The molecule has 0 saturated heterocycles. The van der Waals surface area contributed by atoms with E-state index in [2.05, 4.69) is 57.2 Å². The van der Waals surface area contributed by atoms with Crippen molar-refractivity contribution in [3.63, 3.8) is 0 Å². The summed E-state index contributed by atoms with van der Waals surface area (Å²) in [6.07, 6.45) is 87.5. The van der Waals surface area contributed by atoms with Gasteiger partial charge < -0.3 is 14.2 Å². The second-order valence-electron chi connectivity index (χ2n) is 24.9. The molecule has 0 spiro atoms. The normalized spacial score (nSPS) is 12.2. The molecular weight excluding hydrogens is 997 g/mol. The molecule has 0 heterocycles. The van der Waals surface area contributed by atoms with Crippen LogP contribution in [-0.2, 0) is 28.6 Å². The van der Waals surface area contributed by atoms with Crippen molar-refractivity contribution in [2.75, 3.05) is 13.2 Å². The van der Waals surface area contributed by atoms with E-state index in [4.69, 9.17) is 14.2 Å². The lowest BCUT2D eigenvalue weighted by Gasteiger charge is -2.18. The fraction of sp³-hybridized carbons (Fsp3) is 0.880. The number of ether oxygens (including phenoxy) is 3. The number of allylic oxidation sites excluding steroid dienone is 6. The monoisotopic (exact) mass is 1140 g/mol. The molecule has 0 rings (SSSR count). The molecule has 0 saturated carbocycles. The Morgan fingerprint density at radius 1 is 0.247 bits per heavy atom. The van der Waals surface area contributed by atoms with Crippen molar-refractivity contribution in [1.82, 2.24) is 0 Å². The van der Waals surface area contributed by atoms with Crippen LogP contribution in [0.1, 0.15) is 406 Å². The zero-order valence-corrected chi connectivity index (χ0v) is 54.8. The maximum absolute atomic E-state index is 13.0. The summed E-state index contributed by atoms with van der Waals surface area (Å²) in [5.41, 5.74) is 0. The molecule has 0 bridgehead atoms. The lowest BCUT2D eigenvalue weighted by atomic mass is 10.0. The number of carbonyl (C=O) groups is 3. The maximum Gasteiger partial charge on any atom is 0.306 e. The van der Waals surface area contributed by atoms with Gasteiger partial charge in [-0.1, -0.05) is 346 Å². The molecule has 0 N–H and O–H groups in total. The Morgan fingerprint density at radius 2 is 0.444 bits per heavy atom. The molecule has 0 aromatic carbocycles. The number of unbranched alkanes of at least 4 members (excludes halogenated alkanes) is 51. The Bertz CT molecular complexity index is 1350. The van der Waals surface area contributed by atoms with Crippen LogP contribution in [0.3, 0.4) is 0 Å². The zero-order chi connectivity index (χ0) is 58.5. The Kier molecular flexibility index (Phi) is 68.1. The minimum Gasteiger partial charge on any atom is -0.462 e. The van der Waals surface area contributed by atoms with Crippen LogP contribution in [0.5, 0.6) is 0 Å². The van der Waals surface area contributed by atoms with Crippen LogP contribution < -0.4 is 0 Å². The molecule has 1 atom stereocenters. The predicted molar refractivity (Wildman–Crippen MR) is 353 cm³/mol. The van der Waals surface area contributed by atoms with E-state index >= 15 is 0 Å². The summed E-state index contributed by atoms with van der Waals surface area (Å²) in [5.74, 6) is -0.851. The van der Waals surface area contributed by atoms with Gasteiger partial charge in [0, 0.05) is 19.3 Å². The smallest absolute Gasteiger partial charge is 0.306 e. The van der Waals surface area contributed by atoms with Crippen LogP contribution in [-0.4, -0.2) is 37.2 Å². The van der Waals surface area contributed by atoms with E-state index in [0.29, 0.717) is 19.3 Å². The van der Waals surface area contributed by atoms with E-state index in [9.17, 15) is 14.4 Å². The van der Waals surface area contributed by atoms with Crippen LogP contribution >= 0.6 is 0 Å². The average Bonchev–Trinajstić information content (AvgIpc) is 3.47. The van der Waals surface area contributed by atoms with E-state index in [0.717, 1.165) is 70.6 Å². The second-order valence-corrected chi connectivity index (χ2v) is 24.9. The molecule has 476 valence electrons. The lowest BCUT2D eigenvalue weighted by Crippen LogP contribution is -2.30. The van der Waals surface area contributed by atoms with Crippen LogP contribution in [0, 0.1) is 0 Å². The highest BCUT2D eigenvalue weighted by molar-refractivity contribution is 5.71. The van der Waals surface area contributed by atoms with Crippen molar-refractivity contribution in [2.24, 2.45) is 0 Å². The van der Waals surface area contributed by atoms with Gasteiger partial charge in [0.2, 0.25) is 0 Å². The molecule has 0 radical (unpaired) electrons. The minimum atomic E-state index is -0.776. The summed E-state index contributed by atoms with van der Waals surface area (Å²) < 4.78 is 17.0. The van der Waals surface area contributed by atoms with Crippen molar-refractivity contribution in [3.05, 3.63) is 36.5 Å². The van der Waals surface area contributed by atoms with Gasteiger partial charge in [-0.2, -0.15) is 0 Å². The molecule has 6 heteroatoms. The van der Waals surface area contributed by atoms with Gasteiger partial charge in [0.05, 0.1) is 0 Å². The SMILES string of the molecule is CCCCC/C=C\C/C=C\CCCCCCCCCC(=O)OCC(COC(=O)CCCCCCCCCCCCCCCCCCCCCCCCCCCCC)OC(=O)CCCCCCCCCCC/C=C\CCCCCCCC. The molecule has 6 nitrogen and oxygen atoms in total. The highest BCUT2D eigenvalue weighted by atomic mass is 16.6. The predicted octanol–water partition coefficient (Wildman–Crippen LogP) is 25.1. The fourth-order valence-corrected chi connectivity index (χ4v) is 11.1. The topological polar surface area (TPSA) is 78.9 Å². The molecule has 0 aromatic rings. The molecule has 0 fully saturated rings. The zero-order valence-electron chi connectivity index (χ0n) is 54.8. The first-order chi connectivity index (χ1) is 40.0. The number of hydrogen-bond acceptors (Lipinski definition) is 6. The van der Waals surface area contributed by atoms with Crippen molar-refractivity contribution in [1.29, 1.82) is 0 Å². The van der Waals surface area contributed by atoms with Crippen molar-refractivity contribution < 1.29 is 28.6 Å². The Balaban J connectivity index is 4.25. The van der Waals surface area contributed by atoms with Crippen LogP contribution in [0.2, 0.25) is 0 Å². The van der Waals surface area contributed by atoms with Gasteiger partial charge in [0.25, 0.3) is 0 Å². The van der Waals surface area contributed by atoms with Crippen molar-refractivity contribution in [3.8, 4) is 0 Å². The van der Waals surface area contributed by atoms with E-state index < -0.39 is 6.10 Å². The second kappa shape index (κ2) is 70.1. The van der Waals surface area contributed by atoms with Crippen molar-refractivity contribution >= 4 is 17.9 Å². The molecule has 0 amide bonds. The van der Waals surface area contributed by atoms with Gasteiger partial charge >= 0.3 is 17.9 Å². The molecule has 0 aliphatic heterocycles. The van der Waals surface area contributed by atoms with Gasteiger partial charge in [-0.05, 0) is 77.0 Å². The summed E-state index contributed by atoms with van der Waals surface area (Å²) in [4.78, 5) is 38.5. The summed E-state index contributed by atoms with van der Waals surface area (Å²) >= 11 is 0. The van der Waals surface area contributed by atoms with Gasteiger partial charge in [0.15, 0.2) is 6.10 Å². The standard InChI is InChI=1S/C75H140O6/c1-4-7-10-13-16-19-22-25-28-31-33-34-35-36-37-38-39-40-42-44-47-50-53-56-59-62-65-68-74(77)80-71-72(70-79-73(76)67-64-61-58-55-52-49-46-43-30-27-24-21-18-15-12-9-6-3)81-75(78)69-66-63-60-57-54-51-48-45-41-32-29-26-23-20-17-14-11-8-5-2/h18,21,26-27,29-30,72H,4-17,19-20,22-25,28,31-71H2,1-3H3/b21-18-,29-26-,30-27-. The Hall–Kier alpha value is -2.37. The first-order valence-corrected chi connectivity index (χ1v) is 36.5. The van der Waals surface area contributed by atoms with Crippen molar-refractivity contribution in [2.45, 2.75) is 412 Å². The first-order valence-electron chi connectivity index (χ1n) is 36.5. The third-order valence-electron chi connectivity index (χ3n) is 16.6. The molecule has 81 heavy (non-hydrogen) atoms. The van der Waals surface area contributed by atoms with Crippen LogP contribution in [0.4, 0.5) is 0 Å². The fourth-order valence-electron chi connectivity index (χ4n) is 11.1. The number of carbonyl (C=O) groups excluding carboxylic acids is 3. The van der Waals surface area contributed by atoms with Gasteiger partial charge in [-0.25, -0.2) is 0 Å². The molecule has 0 aromatic heterocycles. The summed E-state index contributed by atoms with van der Waals surface area (Å²) in [6, 6.07) is 0. The van der Waals surface area contributed by atoms with E-state index in [1.54, 1.807) is 0 Å². The molecule has 0 aliphatic carbocycles. The average molecular weight is 1140 g/mol. The van der Waals surface area contributed by atoms with Gasteiger partial charge in [0.1, 0.15) is 13.2 Å². The van der Waals surface area contributed by atoms with Crippen LogP contribution in [0.15, 0.2) is 36.5 Å². The summed E-state index contributed by atoms with van der Waals surface area (Å²) in [7, 11) is 0. The molecule has 1 unspecified atom stereocenters. The first kappa shape index (κ1) is 78.6. The largest absolute Gasteiger partial charge is 0.462 e. The molecule has 0 aliphatic rings. The summed E-state index contributed by atoms with van der Waals surface area (Å²) in [6.45, 7) is 6.68. The van der Waals surface area contributed by atoms with Gasteiger partial charge in [-0.15, -0.1) is 0 Å². The number of esters is 3. The third-order valence-corrected chi connectivity index (χ3v) is 16.6. The van der Waals surface area contributed by atoms with Gasteiger partial charge in [-0.3, -0.25) is 14.4 Å². The summed E-state index contributed by atoms with van der Waals surface area (Å²) in [5, 5.41) is 0. The highest BCUT2D eigenvalue weighted by Crippen LogP contribution is 2.19. The van der Waals surface area contributed by atoms with E-state index in [1.165, 1.54) is 295 Å². The molecular formula is C75H140O6. The number of rotatable bonds is 68.